The van der Waals surface area contributed by atoms with Crippen molar-refractivity contribution in [3.63, 3.8) is 0 Å². The van der Waals surface area contributed by atoms with Crippen LogP contribution in [0.1, 0.15) is 34.1 Å². The zero-order valence-corrected chi connectivity index (χ0v) is 17.6. The van der Waals surface area contributed by atoms with Crippen LogP contribution in [0.4, 0.5) is 4.79 Å². The van der Waals surface area contributed by atoms with Crippen LogP contribution in [0.3, 0.4) is 0 Å². The number of fused-ring (bicyclic) bond motifs is 3. The summed E-state index contributed by atoms with van der Waals surface area (Å²) in [4.78, 5) is 27.5. The topological polar surface area (TPSA) is 86.3 Å². The highest BCUT2D eigenvalue weighted by atomic mass is 16.7. The molecule has 0 spiro atoms. The van der Waals surface area contributed by atoms with Crippen LogP contribution in [-0.4, -0.2) is 73.3 Å². The number of amides is 2. The molecule has 3 aliphatic rings. The fourth-order valence-corrected chi connectivity index (χ4v) is 4.91. The van der Waals surface area contributed by atoms with Gasteiger partial charge >= 0.3 is 6.09 Å². The molecule has 0 aliphatic carbocycles. The quantitative estimate of drug-likeness (QED) is 0.575. The van der Waals surface area contributed by atoms with Gasteiger partial charge in [0.1, 0.15) is 24.3 Å². The third-order valence-electron chi connectivity index (χ3n) is 6.03. The van der Waals surface area contributed by atoms with E-state index in [0.29, 0.717) is 6.42 Å². The maximum atomic E-state index is 13.4. The zero-order chi connectivity index (χ0) is 20.9. The van der Waals surface area contributed by atoms with Gasteiger partial charge in [0.05, 0.1) is 6.10 Å². The van der Waals surface area contributed by atoms with E-state index in [0.717, 1.165) is 0 Å². The molecule has 2 unspecified atom stereocenters. The van der Waals surface area contributed by atoms with E-state index in [4.69, 9.17) is 18.9 Å². The lowest BCUT2D eigenvalue weighted by Gasteiger charge is -2.45. The molecule has 2 amide bonds. The number of nitrogens with zero attached hydrogens (tertiary/aromatic N) is 1. The Morgan fingerprint density at radius 3 is 2.54 bits per heavy atom. The highest BCUT2D eigenvalue weighted by Crippen LogP contribution is 2.49. The Hall–Kier alpha value is -1.64. The Morgan fingerprint density at radius 1 is 1.36 bits per heavy atom. The van der Waals surface area contributed by atoms with Crippen molar-refractivity contribution in [2.45, 2.75) is 69.7 Å². The highest BCUT2D eigenvalue weighted by molar-refractivity contribution is 5.87. The summed E-state index contributed by atoms with van der Waals surface area (Å²) >= 11 is 0. The first-order valence-corrected chi connectivity index (χ1v) is 9.74. The van der Waals surface area contributed by atoms with Crippen LogP contribution in [-0.2, 0) is 23.7 Å². The van der Waals surface area contributed by atoms with Gasteiger partial charge in [0.15, 0.2) is 0 Å². The number of hydrogen-bond acceptors (Lipinski definition) is 6. The van der Waals surface area contributed by atoms with E-state index in [-0.39, 0.29) is 36.5 Å². The molecule has 8 heteroatoms. The predicted octanol–water partition coefficient (Wildman–Crippen LogP) is 1.69. The fourth-order valence-electron chi connectivity index (χ4n) is 4.91. The summed E-state index contributed by atoms with van der Waals surface area (Å²) in [7, 11) is 3.11. The molecule has 158 valence electrons. The summed E-state index contributed by atoms with van der Waals surface area (Å²) in [5.74, 6) is -1.11. The zero-order valence-electron chi connectivity index (χ0n) is 17.6. The molecule has 0 radical (unpaired) electrons. The van der Waals surface area contributed by atoms with Gasteiger partial charge in [-0.1, -0.05) is 13.0 Å². The molecule has 3 fully saturated rings. The molecule has 28 heavy (non-hydrogen) atoms. The SMILES string of the molecule is C=C[C@@H]1C2C(C)C[C@H](NC(=O)OC(C)(C)C)C(=O)N2[C@H]2[C@@H]1OCC2(OC)OC. The molecule has 6 atom stereocenters. The molecule has 0 aromatic carbocycles. The molecular weight excluding hydrogens is 364 g/mol. The normalized spacial score (nSPS) is 36.6. The van der Waals surface area contributed by atoms with Crippen molar-refractivity contribution >= 4 is 12.0 Å². The number of nitrogens with one attached hydrogen (secondary N) is 1. The number of ether oxygens (including phenoxy) is 4. The van der Waals surface area contributed by atoms with E-state index in [1.165, 1.54) is 0 Å². The van der Waals surface area contributed by atoms with E-state index in [1.807, 2.05) is 6.08 Å². The third-order valence-corrected chi connectivity index (χ3v) is 6.03. The number of piperidine rings is 1. The molecule has 0 saturated carbocycles. The van der Waals surface area contributed by atoms with Gasteiger partial charge in [0, 0.05) is 26.2 Å². The van der Waals surface area contributed by atoms with Crippen LogP contribution < -0.4 is 5.32 Å². The van der Waals surface area contributed by atoms with E-state index in [9.17, 15) is 9.59 Å². The van der Waals surface area contributed by atoms with Crippen molar-refractivity contribution in [1.29, 1.82) is 0 Å². The van der Waals surface area contributed by atoms with Gasteiger partial charge in [0.25, 0.3) is 0 Å². The van der Waals surface area contributed by atoms with Crippen LogP contribution in [0.25, 0.3) is 0 Å². The van der Waals surface area contributed by atoms with Crippen molar-refractivity contribution in [1.82, 2.24) is 10.2 Å². The number of rotatable bonds is 4. The summed E-state index contributed by atoms with van der Waals surface area (Å²) in [6, 6.07) is -1.16. The lowest BCUT2D eigenvalue weighted by molar-refractivity contribution is -0.232. The summed E-state index contributed by atoms with van der Waals surface area (Å²) in [6.07, 6.45) is 1.53. The highest BCUT2D eigenvalue weighted by Gasteiger charge is 2.66. The minimum atomic E-state index is -1.04. The van der Waals surface area contributed by atoms with Gasteiger partial charge in [0.2, 0.25) is 11.7 Å². The van der Waals surface area contributed by atoms with Crippen LogP contribution in [0, 0.1) is 11.8 Å². The molecule has 3 aliphatic heterocycles. The maximum Gasteiger partial charge on any atom is 0.408 e. The van der Waals surface area contributed by atoms with Gasteiger partial charge in [-0.25, -0.2) is 4.79 Å². The number of hydrogen-bond donors (Lipinski definition) is 1. The molecule has 3 rings (SSSR count). The number of carbonyl (C=O) groups is 2. The molecule has 1 N–H and O–H groups in total. The molecule has 0 bridgehead atoms. The van der Waals surface area contributed by atoms with E-state index >= 15 is 0 Å². The molecule has 8 nitrogen and oxygen atoms in total. The Labute approximate surface area is 166 Å². The number of methoxy groups -OCH3 is 2. The molecule has 0 aromatic heterocycles. The molecular formula is C20H32N2O6. The van der Waals surface area contributed by atoms with Gasteiger partial charge < -0.3 is 29.2 Å². The first-order valence-electron chi connectivity index (χ1n) is 9.74. The fraction of sp³-hybridized carbons (Fsp3) is 0.800. The lowest BCUT2D eigenvalue weighted by Crippen LogP contribution is -2.64. The average Bonchev–Trinajstić information content (AvgIpc) is 3.13. The van der Waals surface area contributed by atoms with Gasteiger partial charge in [-0.3, -0.25) is 4.79 Å². The number of alkyl carbamates (subject to hydrolysis) is 1. The Bertz CT molecular complexity index is 641. The largest absolute Gasteiger partial charge is 0.444 e. The Morgan fingerprint density at radius 2 is 2.00 bits per heavy atom. The second-order valence-electron chi connectivity index (χ2n) is 8.90. The van der Waals surface area contributed by atoms with Crippen molar-refractivity contribution in [2.75, 3.05) is 20.8 Å². The van der Waals surface area contributed by atoms with Gasteiger partial charge in [-0.2, -0.15) is 0 Å². The second-order valence-corrected chi connectivity index (χ2v) is 8.90. The standard InChI is InChI=1S/C20H32N2O6/c1-8-12-14-11(2)9-13(21-18(24)28-19(3,4)5)17(23)22(14)16-15(12)27-10-20(16,25-6)26-7/h8,11-16H,1,9-10H2,2-7H3,(H,21,24)/t11?,12-,13+,14?,15-,16+/m1/s1. The Kier molecular flexibility index (Phi) is 5.51. The molecule has 3 saturated heterocycles. The predicted molar refractivity (Wildman–Crippen MR) is 102 cm³/mol. The van der Waals surface area contributed by atoms with E-state index in [2.05, 4.69) is 18.8 Å². The summed E-state index contributed by atoms with van der Waals surface area (Å²) in [5.41, 5.74) is -0.636. The van der Waals surface area contributed by atoms with Crippen LogP contribution >= 0.6 is 0 Å². The van der Waals surface area contributed by atoms with Gasteiger partial charge in [-0.05, 0) is 33.1 Å². The van der Waals surface area contributed by atoms with Gasteiger partial charge in [-0.15, -0.1) is 6.58 Å². The summed E-state index contributed by atoms with van der Waals surface area (Å²) < 4.78 is 22.7. The van der Waals surface area contributed by atoms with Crippen molar-refractivity contribution in [2.24, 2.45) is 11.8 Å². The smallest absolute Gasteiger partial charge is 0.408 e. The van der Waals surface area contributed by atoms with Crippen molar-refractivity contribution in [3.8, 4) is 0 Å². The third kappa shape index (κ3) is 3.31. The van der Waals surface area contributed by atoms with Crippen LogP contribution in [0.2, 0.25) is 0 Å². The minimum Gasteiger partial charge on any atom is -0.444 e. The number of carbonyl (C=O) groups excluding carboxylic acids is 2. The van der Waals surface area contributed by atoms with Crippen LogP contribution in [0.15, 0.2) is 12.7 Å². The van der Waals surface area contributed by atoms with Crippen molar-refractivity contribution < 1.29 is 28.5 Å². The van der Waals surface area contributed by atoms with Crippen molar-refractivity contribution in [3.05, 3.63) is 12.7 Å². The monoisotopic (exact) mass is 396 g/mol. The lowest BCUT2D eigenvalue weighted by atomic mass is 9.82. The van der Waals surface area contributed by atoms with E-state index < -0.39 is 29.6 Å². The first-order chi connectivity index (χ1) is 13.1. The molecule has 0 aromatic rings. The van der Waals surface area contributed by atoms with Crippen LogP contribution in [0.5, 0.6) is 0 Å². The average molecular weight is 396 g/mol. The summed E-state index contributed by atoms with van der Waals surface area (Å²) in [5, 5.41) is 2.74. The minimum absolute atomic E-state index is 0.0291. The summed E-state index contributed by atoms with van der Waals surface area (Å²) in [6.45, 7) is 11.6. The molecule has 3 heterocycles. The first kappa shape index (κ1) is 21.1. The Balaban J connectivity index is 1.89. The second kappa shape index (κ2) is 7.31. The van der Waals surface area contributed by atoms with E-state index in [1.54, 1.807) is 39.9 Å². The maximum absolute atomic E-state index is 13.4.